The summed E-state index contributed by atoms with van der Waals surface area (Å²) >= 11 is 0. The van der Waals surface area contributed by atoms with Crippen molar-refractivity contribution in [2.24, 2.45) is 0 Å². The molecule has 0 fully saturated rings. The van der Waals surface area contributed by atoms with Gasteiger partial charge < -0.3 is 10.1 Å². The summed E-state index contributed by atoms with van der Waals surface area (Å²) < 4.78 is 5.56. The van der Waals surface area contributed by atoms with E-state index in [4.69, 9.17) is 9.72 Å². The summed E-state index contributed by atoms with van der Waals surface area (Å²) in [6.07, 6.45) is 0. The van der Waals surface area contributed by atoms with Crippen LogP contribution in [0.2, 0.25) is 0 Å². The Hall–Kier alpha value is -4.45. The molecule has 0 bridgehead atoms. The number of H-pyrrole nitrogens is 1. The lowest BCUT2D eigenvalue weighted by Crippen LogP contribution is -2.23. The Bertz CT molecular complexity index is 1460. The Kier molecular flexibility index (Phi) is 6.26. The van der Waals surface area contributed by atoms with Crippen LogP contribution in [0.4, 0.5) is 0 Å². The van der Waals surface area contributed by atoms with Crippen molar-refractivity contribution in [2.75, 3.05) is 6.61 Å². The fourth-order valence-electron chi connectivity index (χ4n) is 4.04. The van der Waals surface area contributed by atoms with Crippen LogP contribution in [0, 0.1) is 6.92 Å². The molecule has 0 radical (unpaired) electrons. The first-order chi connectivity index (χ1) is 17.1. The van der Waals surface area contributed by atoms with Gasteiger partial charge in [0, 0.05) is 17.7 Å². The highest BCUT2D eigenvalue weighted by atomic mass is 16.5. The van der Waals surface area contributed by atoms with Crippen LogP contribution in [-0.4, -0.2) is 27.7 Å². The summed E-state index contributed by atoms with van der Waals surface area (Å²) in [4.78, 5) is 18.3. The van der Waals surface area contributed by atoms with E-state index in [1.807, 2.05) is 98.8 Å². The number of fused-ring (bicyclic) bond motifs is 1. The molecule has 5 aromatic rings. The second kappa shape index (κ2) is 9.81. The molecule has 0 saturated carbocycles. The number of aromatic amines is 1. The second-order valence-corrected chi connectivity index (χ2v) is 8.34. The highest BCUT2D eigenvalue weighted by Crippen LogP contribution is 2.32. The zero-order valence-corrected chi connectivity index (χ0v) is 19.7. The lowest BCUT2D eigenvalue weighted by atomic mass is 10.0. The van der Waals surface area contributed by atoms with Gasteiger partial charge in [-0.25, -0.2) is 4.98 Å². The summed E-state index contributed by atoms with van der Waals surface area (Å²) in [5.74, 6) is 0.614. The molecule has 0 aliphatic rings. The van der Waals surface area contributed by atoms with Gasteiger partial charge in [0.25, 0.3) is 5.91 Å². The van der Waals surface area contributed by atoms with Gasteiger partial charge in [-0.2, -0.15) is 5.10 Å². The lowest BCUT2D eigenvalue weighted by Gasteiger charge is -2.10. The van der Waals surface area contributed by atoms with Crippen LogP contribution in [0.15, 0.2) is 84.9 Å². The van der Waals surface area contributed by atoms with Crippen LogP contribution in [0.5, 0.6) is 5.75 Å². The van der Waals surface area contributed by atoms with E-state index in [-0.39, 0.29) is 5.91 Å². The summed E-state index contributed by atoms with van der Waals surface area (Å²) in [5, 5.41) is 11.3. The number of carbonyl (C=O) groups is 1. The van der Waals surface area contributed by atoms with Crippen LogP contribution in [0.1, 0.15) is 28.4 Å². The number of carbonyl (C=O) groups excluding carboxylic acids is 1. The molecule has 5 rings (SSSR count). The minimum Gasteiger partial charge on any atom is -0.494 e. The molecule has 0 atom stereocenters. The monoisotopic (exact) mass is 462 g/mol. The van der Waals surface area contributed by atoms with Crippen molar-refractivity contribution in [2.45, 2.75) is 20.4 Å². The maximum atomic E-state index is 13.5. The van der Waals surface area contributed by atoms with Crippen LogP contribution in [0.3, 0.4) is 0 Å². The van der Waals surface area contributed by atoms with Gasteiger partial charge in [-0.1, -0.05) is 60.2 Å². The first-order valence-electron chi connectivity index (χ1n) is 11.6. The van der Waals surface area contributed by atoms with E-state index >= 15 is 0 Å². The summed E-state index contributed by atoms with van der Waals surface area (Å²) in [6, 6.07) is 27.5. The van der Waals surface area contributed by atoms with Gasteiger partial charge in [0.1, 0.15) is 5.75 Å². The van der Waals surface area contributed by atoms with Crippen molar-refractivity contribution in [1.82, 2.24) is 20.5 Å². The number of rotatable bonds is 7. The molecule has 0 unspecified atom stereocenters. The molecule has 0 aliphatic heterocycles. The Morgan fingerprint density at radius 3 is 2.37 bits per heavy atom. The SMILES string of the molecule is CCOc1ccc(-c2cc(C(=O)NCc3ccccc3)c3c(-c4ccc(C)cc4)[nH]nc3n2)cc1. The minimum atomic E-state index is -0.178. The molecular formula is C29H26N4O2. The van der Waals surface area contributed by atoms with E-state index in [0.717, 1.165) is 33.7 Å². The third-order valence-corrected chi connectivity index (χ3v) is 5.87. The molecule has 35 heavy (non-hydrogen) atoms. The zero-order chi connectivity index (χ0) is 24.2. The number of hydrogen-bond acceptors (Lipinski definition) is 4. The maximum absolute atomic E-state index is 13.5. The van der Waals surface area contributed by atoms with Crippen molar-refractivity contribution < 1.29 is 9.53 Å². The number of aromatic nitrogens is 3. The van der Waals surface area contributed by atoms with Crippen molar-refractivity contribution in [1.29, 1.82) is 0 Å². The average molecular weight is 463 g/mol. The molecule has 6 nitrogen and oxygen atoms in total. The van der Waals surface area contributed by atoms with Crippen LogP contribution >= 0.6 is 0 Å². The van der Waals surface area contributed by atoms with E-state index in [2.05, 4.69) is 15.5 Å². The largest absolute Gasteiger partial charge is 0.494 e. The van der Waals surface area contributed by atoms with Crippen LogP contribution in [-0.2, 0) is 6.54 Å². The number of amides is 1. The molecular weight excluding hydrogens is 436 g/mol. The summed E-state index contributed by atoms with van der Waals surface area (Å²) in [5.41, 5.74) is 6.50. The molecule has 6 heteroatoms. The van der Waals surface area contributed by atoms with Crippen molar-refractivity contribution in [3.8, 4) is 28.3 Å². The average Bonchev–Trinajstić information content (AvgIpc) is 3.32. The molecule has 3 aromatic carbocycles. The van der Waals surface area contributed by atoms with E-state index in [0.29, 0.717) is 35.4 Å². The molecule has 0 aliphatic carbocycles. The van der Waals surface area contributed by atoms with Gasteiger partial charge in [0.05, 0.1) is 28.9 Å². The standard InChI is InChI=1S/C29H26N4O2/c1-3-35-23-15-13-21(14-16-23)25-17-24(29(34)30-18-20-7-5-4-6-8-20)26-27(32-33-28(26)31-25)22-11-9-19(2)10-12-22/h4-17H,3,18H2,1-2H3,(H,30,34)(H,31,32,33). The molecule has 1 amide bonds. The molecule has 2 N–H and O–H groups in total. The van der Waals surface area contributed by atoms with Gasteiger partial charge in [-0.3, -0.25) is 9.89 Å². The first kappa shape index (κ1) is 22.3. The summed E-state index contributed by atoms with van der Waals surface area (Å²) in [6.45, 7) is 5.03. The molecule has 0 saturated heterocycles. The molecule has 2 aromatic heterocycles. The fourth-order valence-corrected chi connectivity index (χ4v) is 4.04. The molecule has 0 spiro atoms. The Morgan fingerprint density at radius 1 is 0.943 bits per heavy atom. The Labute approximate surface area is 204 Å². The predicted octanol–water partition coefficient (Wildman–Crippen LogP) is 5.93. The number of nitrogens with zero attached hydrogens (tertiary/aromatic N) is 2. The molecule has 2 heterocycles. The van der Waals surface area contributed by atoms with Crippen LogP contribution in [0.25, 0.3) is 33.5 Å². The van der Waals surface area contributed by atoms with E-state index < -0.39 is 0 Å². The number of aryl methyl sites for hydroxylation is 1. The van der Waals surface area contributed by atoms with E-state index in [1.54, 1.807) is 0 Å². The van der Waals surface area contributed by atoms with Crippen LogP contribution < -0.4 is 10.1 Å². The normalized spacial score (nSPS) is 10.9. The fraction of sp³-hybridized carbons (Fsp3) is 0.138. The number of nitrogens with one attached hydrogen (secondary N) is 2. The van der Waals surface area contributed by atoms with Crippen molar-refractivity contribution >= 4 is 16.9 Å². The highest BCUT2D eigenvalue weighted by Gasteiger charge is 2.20. The number of benzene rings is 3. The topological polar surface area (TPSA) is 79.9 Å². The quantitative estimate of drug-likeness (QED) is 0.314. The number of ether oxygens (including phenoxy) is 1. The first-order valence-corrected chi connectivity index (χ1v) is 11.6. The lowest BCUT2D eigenvalue weighted by molar-refractivity contribution is 0.0952. The highest BCUT2D eigenvalue weighted by molar-refractivity contribution is 6.11. The minimum absolute atomic E-state index is 0.178. The van der Waals surface area contributed by atoms with Crippen molar-refractivity contribution in [3.63, 3.8) is 0 Å². The predicted molar refractivity (Wildman–Crippen MR) is 138 cm³/mol. The zero-order valence-electron chi connectivity index (χ0n) is 19.7. The van der Waals surface area contributed by atoms with E-state index in [9.17, 15) is 4.79 Å². The van der Waals surface area contributed by atoms with Gasteiger partial charge in [-0.15, -0.1) is 0 Å². The summed E-state index contributed by atoms with van der Waals surface area (Å²) in [7, 11) is 0. The van der Waals surface area contributed by atoms with Gasteiger partial charge in [-0.05, 0) is 49.7 Å². The van der Waals surface area contributed by atoms with Crippen molar-refractivity contribution in [3.05, 3.63) is 102 Å². The van der Waals surface area contributed by atoms with Gasteiger partial charge >= 0.3 is 0 Å². The smallest absolute Gasteiger partial charge is 0.252 e. The van der Waals surface area contributed by atoms with Gasteiger partial charge in [0.15, 0.2) is 5.65 Å². The Balaban J connectivity index is 1.59. The van der Waals surface area contributed by atoms with E-state index in [1.165, 1.54) is 0 Å². The third-order valence-electron chi connectivity index (χ3n) is 5.87. The number of hydrogen-bond donors (Lipinski definition) is 2. The maximum Gasteiger partial charge on any atom is 0.252 e. The third kappa shape index (κ3) is 4.77. The van der Waals surface area contributed by atoms with Gasteiger partial charge in [0.2, 0.25) is 0 Å². The number of pyridine rings is 1. The second-order valence-electron chi connectivity index (χ2n) is 8.34. The molecule has 174 valence electrons. The Morgan fingerprint density at radius 2 is 1.66 bits per heavy atom.